The Morgan fingerprint density at radius 3 is 2.20 bits per heavy atom. The Kier molecular flexibility index (Phi) is 2.19. The smallest absolute Gasteiger partial charge is 0.0827 e. The summed E-state index contributed by atoms with van der Waals surface area (Å²) in [5.74, 6) is 0.0648. The van der Waals surface area contributed by atoms with Crippen molar-refractivity contribution in [3.8, 4) is 0 Å². The van der Waals surface area contributed by atoms with Crippen LogP contribution in [0.4, 0.5) is 0 Å². The minimum atomic E-state index is 0.0648. The fourth-order valence-corrected chi connectivity index (χ4v) is 0. The third-order valence-electron chi connectivity index (χ3n) is 0.254. The highest BCUT2D eigenvalue weighted by Gasteiger charge is 1.83. The number of hydrogen-bond acceptors (Lipinski definition) is 1. The van der Waals surface area contributed by atoms with E-state index in [-0.39, 0.29) is 5.92 Å². The van der Waals surface area contributed by atoms with E-state index in [9.17, 15) is 0 Å². The first kappa shape index (κ1) is 4.96. The van der Waals surface area contributed by atoms with Gasteiger partial charge < -0.3 is 5.11 Å². The van der Waals surface area contributed by atoms with Crippen LogP contribution in [0.3, 0.4) is 0 Å². The summed E-state index contributed by atoms with van der Waals surface area (Å²) in [7, 11) is 0. The molecule has 0 spiro atoms. The van der Waals surface area contributed by atoms with Gasteiger partial charge in [-0.05, 0) is 12.8 Å². The molecule has 1 heteroatoms. The van der Waals surface area contributed by atoms with Gasteiger partial charge in [-0.25, -0.2) is 0 Å². The summed E-state index contributed by atoms with van der Waals surface area (Å²) in [4.78, 5) is 0. The molecule has 0 fully saturated rings. The summed E-state index contributed by atoms with van der Waals surface area (Å²) in [5, 5.41) is 7.96. The van der Waals surface area contributed by atoms with Crippen molar-refractivity contribution in [2.75, 3.05) is 0 Å². The van der Waals surface area contributed by atoms with Gasteiger partial charge in [0.25, 0.3) is 0 Å². The maximum absolute atomic E-state index is 7.96. The van der Waals surface area contributed by atoms with E-state index in [2.05, 4.69) is 6.92 Å². The molecule has 2 radical (unpaired) electrons. The molecular formula is C4H8O. The second kappa shape index (κ2) is 2.21. The second-order valence-electron chi connectivity index (χ2n) is 1.13. The maximum atomic E-state index is 7.96. The van der Waals surface area contributed by atoms with E-state index in [1.54, 1.807) is 6.92 Å². The molecule has 1 atom stereocenters. The highest BCUT2D eigenvalue weighted by atomic mass is 16.3. The van der Waals surface area contributed by atoms with Gasteiger partial charge in [0.15, 0.2) is 0 Å². The van der Waals surface area contributed by atoms with E-state index in [4.69, 9.17) is 5.11 Å². The van der Waals surface area contributed by atoms with Gasteiger partial charge in [-0.15, -0.1) is 0 Å². The van der Waals surface area contributed by atoms with E-state index < -0.39 is 0 Å². The molecule has 0 saturated carbocycles. The predicted molar refractivity (Wildman–Crippen MR) is 20.8 cm³/mol. The number of aliphatic hydroxyl groups excluding tert-OH is 1. The molecule has 0 aromatic carbocycles. The van der Waals surface area contributed by atoms with Crippen molar-refractivity contribution in [3.63, 3.8) is 0 Å². The molecule has 5 heavy (non-hydrogen) atoms. The average Bonchev–Trinajstić information content (AvgIpc) is 1.38. The van der Waals surface area contributed by atoms with Gasteiger partial charge in [0, 0.05) is 0 Å². The topological polar surface area (TPSA) is 20.2 Å². The Morgan fingerprint density at radius 2 is 2.20 bits per heavy atom. The monoisotopic (exact) mass is 72.1 g/mol. The molecule has 0 aliphatic carbocycles. The zero-order valence-corrected chi connectivity index (χ0v) is 3.31. The van der Waals surface area contributed by atoms with Crippen LogP contribution in [0.25, 0.3) is 0 Å². The van der Waals surface area contributed by atoms with Gasteiger partial charge in [0.1, 0.15) is 0 Å². The molecule has 1 unspecified atom stereocenters. The van der Waals surface area contributed by atoms with Gasteiger partial charge in [0.05, 0.1) is 6.61 Å². The molecule has 1 N–H and O–H groups in total. The van der Waals surface area contributed by atoms with Crippen LogP contribution in [0.1, 0.15) is 6.92 Å². The number of aliphatic hydroxyl groups is 1. The first-order chi connectivity index (χ1) is 2.27. The van der Waals surface area contributed by atoms with Crippen molar-refractivity contribution >= 4 is 0 Å². The quantitative estimate of drug-likeness (QED) is 0.489. The van der Waals surface area contributed by atoms with Crippen LogP contribution in [-0.2, 0) is 0 Å². The molecule has 0 aromatic rings. The molecule has 0 aromatic heterocycles. The van der Waals surface area contributed by atoms with E-state index in [1.807, 2.05) is 0 Å². The summed E-state index contributed by atoms with van der Waals surface area (Å²) >= 11 is 0. The average molecular weight is 72.1 g/mol. The molecule has 0 aliphatic heterocycles. The minimum absolute atomic E-state index is 0.0648. The van der Waals surface area contributed by atoms with Crippen LogP contribution in [0, 0.1) is 19.4 Å². The maximum Gasteiger partial charge on any atom is 0.0827 e. The van der Waals surface area contributed by atoms with Crippen molar-refractivity contribution in [3.05, 3.63) is 13.5 Å². The van der Waals surface area contributed by atoms with Crippen molar-refractivity contribution in [1.82, 2.24) is 0 Å². The van der Waals surface area contributed by atoms with E-state index in [0.29, 0.717) is 0 Å². The third-order valence-corrected chi connectivity index (χ3v) is 0.254. The van der Waals surface area contributed by atoms with Crippen LogP contribution in [0.15, 0.2) is 0 Å². The zero-order valence-electron chi connectivity index (χ0n) is 3.31. The molecule has 0 saturated heterocycles. The van der Waals surface area contributed by atoms with Crippen LogP contribution < -0.4 is 0 Å². The van der Waals surface area contributed by atoms with Gasteiger partial charge in [-0.1, -0.05) is 6.92 Å². The van der Waals surface area contributed by atoms with Gasteiger partial charge in [-0.3, -0.25) is 0 Å². The van der Waals surface area contributed by atoms with Crippen LogP contribution in [0.2, 0.25) is 0 Å². The highest BCUT2D eigenvalue weighted by Crippen LogP contribution is 1.88. The van der Waals surface area contributed by atoms with Crippen molar-refractivity contribution in [1.29, 1.82) is 0 Å². The zero-order chi connectivity index (χ0) is 4.28. The Hall–Kier alpha value is -0.0400. The van der Waals surface area contributed by atoms with Crippen LogP contribution in [-0.4, -0.2) is 5.11 Å². The summed E-state index contributed by atoms with van der Waals surface area (Å²) in [6.45, 7) is 6.31. The molecule has 0 amide bonds. The first-order valence-corrected chi connectivity index (χ1v) is 1.58. The minimum Gasteiger partial charge on any atom is -0.390 e. The Balaban J connectivity index is 2.54. The Bertz CT molecular complexity index is 17.6. The first-order valence-electron chi connectivity index (χ1n) is 1.58. The van der Waals surface area contributed by atoms with Gasteiger partial charge in [-0.2, -0.15) is 0 Å². The van der Waals surface area contributed by atoms with Crippen molar-refractivity contribution in [2.24, 2.45) is 5.92 Å². The van der Waals surface area contributed by atoms with Crippen LogP contribution in [0.5, 0.6) is 0 Å². The Morgan fingerprint density at radius 1 is 2.00 bits per heavy atom. The van der Waals surface area contributed by atoms with E-state index >= 15 is 0 Å². The number of hydrogen-bond donors (Lipinski definition) is 1. The fourth-order valence-electron chi connectivity index (χ4n) is 0. The fraction of sp³-hybridized carbons (Fsp3) is 0.500. The Labute approximate surface area is 32.6 Å². The van der Waals surface area contributed by atoms with Gasteiger partial charge in [0.2, 0.25) is 0 Å². The third kappa shape index (κ3) is 3.96. The van der Waals surface area contributed by atoms with Gasteiger partial charge >= 0.3 is 0 Å². The highest BCUT2D eigenvalue weighted by molar-refractivity contribution is 4.59. The normalized spacial score (nSPS) is 9.60. The second-order valence-corrected chi connectivity index (χ2v) is 1.13. The van der Waals surface area contributed by atoms with Crippen molar-refractivity contribution in [2.45, 2.75) is 6.92 Å². The lowest BCUT2D eigenvalue weighted by molar-refractivity contribution is 0.350. The van der Waals surface area contributed by atoms with Crippen LogP contribution >= 0.6 is 0 Å². The molecular weight excluding hydrogens is 64.0 g/mol. The molecule has 0 bridgehead atoms. The molecule has 30 valence electrons. The summed E-state index contributed by atoms with van der Waals surface area (Å²) in [6.07, 6.45) is 0. The molecule has 0 rings (SSSR count). The van der Waals surface area contributed by atoms with Crippen molar-refractivity contribution < 1.29 is 5.11 Å². The summed E-state index contributed by atoms with van der Waals surface area (Å²) < 4.78 is 0. The largest absolute Gasteiger partial charge is 0.390 e. The molecule has 0 heterocycles. The number of rotatable bonds is 1. The SMILES string of the molecule is [CH2]C(C)[CH]O. The lowest BCUT2D eigenvalue weighted by atomic mass is 10.2. The predicted octanol–water partition coefficient (Wildman–Crippen LogP) is 0.991. The lowest BCUT2D eigenvalue weighted by Gasteiger charge is -1.88. The molecule has 0 aliphatic rings. The lowest BCUT2D eigenvalue weighted by Crippen LogP contribution is -1.83. The standard InChI is InChI=1S/C4H8O/c1-4(2)3-5/h3-5H,1H2,2H3. The molecule has 1 nitrogen and oxygen atoms in total. The van der Waals surface area contributed by atoms with E-state index in [1.165, 1.54) is 0 Å². The summed E-state index contributed by atoms with van der Waals surface area (Å²) in [5.41, 5.74) is 0. The summed E-state index contributed by atoms with van der Waals surface area (Å²) in [6, 6.07) is 0. The van der Waals surface area contributed by atoms with E-state index in [0.717, 1.165) is 6.61 Å².